The molecule has 6 heteroatoms. The van der Waals surface area contributed by atoms with Crippen LogP contribution in [-0.4, -0.2) is 77.1 Å². The Balaban J connectivity index is 1.49. The Morgan fingerprint density at radius 1 is 0.957 bits per heavy atom. The van der Waals surface area contributed by atoms with Crippen LogP contribution in [0, 0.1) is 11.8 Å². The van der Waals surface area contributed by atoms with Crippen molar-refractivity contribution in [1.29, 1.82) is 0 Å². The lowest BCUT2D eigenvalue weighted by Gasteiger charge is -2.35. The number of piperidine rings is 1. The first kappa shape index (κ1) is 16.6. The third-order valence-corrected chi connectivity index (χ3v) is 5.73. The predicted octanol–water partition coefficient (Wildman–Crippen LogP) is 1.14. The predicted molar refractivity (Wildman–Crippen MR) is 86.9 cm³/mol. The fourth-order valence-electron chi connectivity index (χ4n) is 4.12. The molecule has 3 aliphatic heterocycles. The van der Waals surface area contributed by atoms with Crippen LogP contribution in [0.3, 0.4) is 0 Å². The van der Waals surface area contributed by atoms with E-state index in [1.807, 2.05) is 14.7 Å². The number of nitrogens with zero attached hydrogens (tertiary/aromatic N) is 3. The van der Waals surface area contributed by atoms with Crippen molar-refractivity contribution < 1.29 is 14.7 Å². The summed E-state index contributed by atoms with van der Waals surface area (Å²) in [5.41, 5.74) is 0. The molecule has 0 saturated carbocycles. The van der Waals surface area contributed by atoms with Crippen molar-refractivity contribution in [3.05, 3.63) is 0 Å². The van der Waals surface area contributed by atoms with E-state index in [1.54, 1.807) is 0 Å². The van der Waals surface area contributed by atoms with E-state index >= 15 is 0 Å². The topological polar surface area (TPSA) is 64.1 Å². The van der Waals surface area contributed by atoms with Gasteiger partial charge in [-0.15, -0.1) is 0 Å². The minimum Gasteiger partial charge on any atom is -0.391 e. The van der Waals surface area contributed by atoms with Gasteiger partial charge in [0, 0.05) is 51.1 Å². The van der Waals surface area contributed by atoms with Crippen LogP contribution in [0.1, 0.15) is 39.0 Å². The van der Waals surface area contributed by atoms with Gasteiger partial charge in [-0.05, 0) is 32.1 Å². The summed E-state index contributed by atoms with van der Waals surface area (Å²) in [6.07, 6.45) is 4.26. The van der Waals surface area contributed by atoms with Crippen molar-refractivity contribution in [2.75, 3.05) is 39.3 Å². The quantitative estimate of drug-likeness (QED) is 0.829. The summed E-state index contributed by atoms with van der Waals surface area (Å²) in [5.74, 6) is 0.407. The van der Waals surface area contributed by atoms with Gasteiger partial charge in [-0.1, -0.05) is 6.92 Å². The number of amides is 3. The maximum absolute atomic E-state index is 12.6. The second-order valence-electron chi connectivity index (χ2n) is 7.22. The van der Waals surface area contributed by atoms with Crippen LogP contribution in [0.25, 0.3) is 0 Å². The molecule has 3 aliphatic rings. The summed E-state index contributed by atoms with van der Waals surface area (Å²) in [6, 6.07) is 0.149. The molecule has 3 rings (SSSR count). The van der Waals surface area contributed by atoms with Crippen LogP contribution in [0.4, 0.5) is 4.79 Å². The van der Waals surface area contributed by atoms with Gasteiger partial charge in [0.05, 0.1) is 6.10 Å². The maximum Gasteiger partial charge on any atom is 0.319 e. The smallest absolute Gasteiger partial charge is 0.319 e. The number of hydrogen-bond donors (Lipinski definition) is 1. The normalized spacial score (nSPS) is 29.4. The summed E-state index contributed by atoms with van der Waals surface area (Å²) >= 11 is 0. The largest absolute Gasteiger partial charge is 0.391 e. The first-order chi connectivity index (χ1) is 11.1. The molecule has 23 heavy (non-hydrogen) atoms. The van der Waals surface area contributed by atoms with Crippen molar-refractivity contribution in [3.8, 4) is 0 Å². The van der Waals surface area contributed by atoms with Gasteiger partial charge in [-0.2, -0.15) is 0 Å². The Hall–Kier alpha value is -1.30. The Morgan fingerprint density at radius 2 is 1.57 bits per heavy atom. The van der Waals surface area contributed by atoms with Crippen molar-refractivity contribution in [2.45, 2.75) is 45.1 Å². The van der Waals surface area contributed by atoms with Gasteiger partial charge in [-0.25, -0.2) is 4.79 Å². The average Bonchev–Trinajstić information content (AvgIpc) is 3.23. The fourth-order valence-corrected chi connectivity index (χ4v) is 4.12. The molecule has 0 aliphatic carbocycles. The van der Waals surface area contributed by atoms with E-state index in [2.05, 4.69) is 6.92 Å². The molecule has 2 atom stereocenters. The molecule has 0 bridgehead atoms. The number of aliphatic hydroxyl groups is 1. The second-order valence-corrected chi connectivity index (χ2v) is 7.22. The molecule has 3 saturated heterocycles. The second kappa shape index (κ2) is 7.07. The summed E-state index contributed by atoms with van der Waals surface area (Å²) in [6.45, 7) is 6.33. The summed E-state index contributed by atoms with van der Waals surface area (Å²) in [5, 5.41) is 9.99. The molecule has 6 nitrogen and oxygen atoms in total. The lowest BCUT2D eigenvalue weighted by atomic mass is 9.95. The number of carbonyl (C=O) groups is 2. The van der Waals surface area contributed by atoms with E-state index < -0.39 is 0 Å². The maximum atomic E-state index is 12.6. The number of hydrogen-bond acceptors (Lipinski definition) is 3. The Morgan fingerprint density at radius 3 is 2.13 bits per heavy atom. The zero-order valence-corrected chi connectivity index (χ0v) is 14.1. The van der Waals surface area contributed by atoms with Gasteiger partial charge in [0.2, 0.25) is 5.91 Å². The Bertz CT molecular complexity index is 442. The van der Waals surface area contributed by atoms with E-state index in [-0.39, 0.29) is 29.9 Å². The lowest BCUT2D eigenvalue weighted by molar-refractivity contribution is -0.136. The van der Waals surface area contributed by atoms with Crippen LogP contribution in [0.5, 0.6) is 0 Å². The molecular weight excluding hydrogens is 294 g/mol. The number of likely N-dealkylation sites (tertiary alicyclic amines) is 3. The zero-order valence-electron chi connectivity index (χ0n) is 14.1. The van der Waals surface area contributed by atoms with E-state index in [0.29, 0.717) is 26.2 Å². The van der Waals surface area contributed by atoms with Crippen LogP contribution in [0.15, 0.2) is 0 Å². The van der Waals surface area contributed by atoms with E-state index in [4.69, 9.17) is 0 Å². The standard InChI is InChI=1S/C17H29N3O3/c1-2-13-11-20(12-15(13)21)16(22)14-5-9-19(10-6-14)17(23)18-7-3-4-8-18/h13-15,21H,2-12H2,1H3. The lowest BCUT2D eigenvalue weighted by Crippen LogP contribution is -2.48. The first-order valence-electron chi connectivity index (χ1n) is 9.10. The number of carbonyl (C=O) groups excluding carboxylic acids is 2. The number of rotatable bonds is 2. The van der Waals surface area contributed by atoms with Crippen LogP contribution >= 0.6 is 0 Å². The summed E-state index contributed by atoms with van der Waals surface area (Å²) in [7, 11) is 0. The van der Waals surface area contributed by atoms with Gasteiger partial charge >= 0.3 is 6.03 Å². The zero-order chi connectivity index (χ0) is 16.4. The highest BCUT2D eigenvalue weighted by Crippen LogP contribution is 2.26. The third-order valence-electron chi connectivity index (χ3n) is 5.73. The number of urea groups is 1. The Labute approximate surface area is 138 Å². The minimum absolute atomic E-state index is 0.0143. The molecule has 3 fully saturated rings. The monoisotopic (exact) mass is 323 g/mol. The highest BCUT2D eigenvalue weighted by atomic mass is 16.3. The molecular formula is C17H29N3O3. The van der Waals surface area contributed by atoms with E-state index in [0.717, 1.165) is 45.2 Å². The number of β-amino-alcohol motifs (C(OH)–C–C–N with tert-alkyl or cyclic N) is 1. The van der Waals surface area contributed by atoms with E-state index in [1.165, 1.54) is 0 Å². The third kappa shape index (κ3) is 3.47. The molecule has 0 radical (unpaired) electrons. The summed E-state index contributed by atoms with van der Waals surface area (Å²) in [4.78, 5) is 30.7. The minimum atomic E-state index is -0.374. The fraction of sp³-hybridized carbons (Fsp3) is 0.882. The van der Waals surface area contributed by atoms with Crippen LogP contribution < -0.4 is 0 Å². The van der Waals surface area contributed by atoms with E-state index in [9.17, 15) is 14.7 Å². The molecule has 3 amide bonds. The van der Waals surface area contributed by atoms with Crippen molar-refractivity contribution >= 4 is 11.9 Å². The summed E-state index contributed by atoms with van der Waals surface area (Å²) < 4.78 is 0. The first-order valence-corrected chi connectivity index (χ1v) is 9.10. The van der Waals surface area contributed by atoms with Crippen LogP contribution in [0.2, 0.25) is 0 Å². The molecule has 0 aromatic carbocycles. The van der Waals surface area contributed by atoms with Crippen molar-refractivity contribution in [2.24, 2.45) is 11.8 Å². The molecule has 3 heterocycles. The molecule has 0 spiro atoms. The van der Waals surface area contributed by atoms with Crippen molar-refractivity contribution in [3.63, 3.8) is 0 Å². The van der Waals surface area contributed by atoms with Crippen LogP contribution in [-0.2, 0) is 4.79 Å². The average molecular weight is 323 g/mol. The highest BCUT2D eigenvalue weighted by Gasteiger charge is 2.37. The van der Waals surface area contributed by atoms with Crippen molar-refractivity contribution in [1.82, 2.24) is 14.7 Å². The molecule has 0 aromatic rings. The molecule has 130 valence electrons. The Kier molecular flexibility index (Phi) is 5.09. The molecule has 2 unspecified atom stereocenters. The van der Waals surface area contributed by atoms with Gasteiger partial charge in [-0.3, -0.25) is 4.79 Å². The van der Waals surface area contributed by atoms with Gasteiger partial charge in [0.1, 0.15) is 0 Å². The highest BCUT2D eigenvalue weighted by molar-refractivity contribution is 5.80. The van der Waals surface area contributed by atoms with Gasteiger partial charge in [0.15, 0.2) is 0 Å². The van der Waals surface area contributed by atoms with Gasteiger partial charge in [0.25, 0.3) is 0 Å². The molecule has 0 aromatic heterocycles. The number of aliphatic hydroxyl groups excluding tert-OH is 1. The van der Waals surface area contributed by atoms with Gasteiger partial charge < -0.3 is 19.8 Å². The SMILES string of the molecule is CCC1CN(C(=O)C2CCN(C(=O)N3CCCC3)CC2)CC1O. The molecule has 1 N–H and O–H groups in total.